The van der Waals surface area contributed by atoms with Gasteiger partial charge in [-0.25, -0.2) is 14.4 Å². The molecule has 0 saturated heterocycles. The second-order valence-corrected chi connectivity index (χ2v) is 8.15. The number of halogens is 4. The number of aromatic nitrogens is 2. The van der Waals surface area contributed by atoms with Crippen molar-refractivity contribution in [2.75, 3.05) is 12.4 Å². The molecule has 192 valence electrons. The summed E-state index contributed by atoms with van der Waals surface area (Å²) in [4.78, 5) is 21.4. The number of alkyl halides is 3. The quantitative estimate of drug-likeness (QED) is 0.422. The number of nitrogens with one attached hydrogen (secondary N) is 1. The number of anilines is 1. The number of benzene rings is 1. The number of aryl methyl sites for hydroxylation is 2. The van der Waals surface area contributed by atoms with Gasteiger partial charge in [-0.05, 0) is 57.0 Å². The molecule has 0 unspecified atom stereocenters. The van der Waals surface area contributed by atoms with Crippen LogP contribution in [-0.2, 0) is 6.61 Å². The Balaban J connectivity index is 2.12. The summed E-state index contributed by atoms with van der Waals surface area (Å²) in [5.74, 6) is -2.05. The van der Waals surface area contributed by atoms with Crippen LogP contribution in [0.15, 0.2) is 30.5 Å². The fraction of sp³-hybridized carbons (Fsp3) is 0.320. The Morgan fingerprint density at radius 1 is 1.17 bits per heavy atom. The smallest absolute Gasteiger partial charge is 0.425 e. The third-order valence-corrected chi connectivity index (χ3v) is 5.60. The molecule has 3 aromatic rings. The fourth-order valence-electron chi connectivity index (χ4n) is 3.46. The van der Waals surface area contributed by atoms with Crippen molar-refractivity contribution in [3.05, 3.63) is 64.2 Å². The molecular formula is C25H25F4N3O4. The van der Waals surface area contributed by atoms with E-state index in [0.29, 0.717) is 22.4 Å². The maximum absolute atomic E-state index is 15.2. The number of aliphatic hydroxyl groups is 1. The zero-order valence-corrected chi connectivity index (χ0v) is 20.2. The number of amides is 1. The first-order valence-electron chi connectivity index (χ1n) is 10.8. The lowest BCUT2D eigenvalue weighted by atomic mass is 10.0. The van der Waals surface area contributed by atoms with Crippen LogP contribution in [0.5, 0.6) is 11.6 Å². The highest BCUT2D eigenvalue weighted by molar-refractivity contribution is 6.07. The van der Waals surface area contributed by atoms with Gasteiger partial charge < -0.3 is 19.9 Å². The highest BCUT2D eigenvalue weighted by atomic mass is 19.4. The van der Waals surface area contributed by atoms with Crippen molar-refractivity contribution in [1.82, 2.24) is 9.97 Å². The van der Waals surface area contributed by atoms with Gasteiger partial charge in [-0.15, -0.1) is 0 Å². The average Bonchev–Trinajstić information content (AvgIpc) is 2.82. The molecule has 0 aliphatic rings. The highest BCUT2D eigenvalue weighted by Crippen LogP contribution is 2.34. The Morgan fingerprint density at radius 2 is 1.86 bits per heavy atom. The summed E-state index contributed by atoms with van der Waals surface area (Å²) < 4.78 is 65.3. The number of rotatable bonds is 7. The van der Waals surface area contributed by atoms with Gasteiger partial charge in [-0.1, -0.05) is 6.07 Å². The minimum atomic E-state index is -4.74. The number of ether oxygens (including phenoxy) is 2. The lowest BCUT2D eigenvalue weighted by Gasteiger charge is -2.21. The van der Waals surface area contributed by atoms with E-state index in [9.17, 15) is 23.1 Å². The topological polar surface area (TPSA) is 93.6 Å². The number of carbonyl (C=O) groups is 1. The molecule has 1 atom stereocenters. The van der Waals surface area contributed by atoms with Crippen LogP contribution in [0.1, 0.15) is 39.7 Å². The maximum Gasteiger partial charge on any atom is 0.425 e. The van der Waals surface area contributed by atoms with Gasteiger partial charge >= 0.3 is 6.18 Å². The number of methoxy groups -OCH3 is 1. The van der Waals surface area contributed by atoms with Crippen LogP contribution in [0.2, 0.25) is 0 Å². The fourth-order valence-corrected chi connectivity index (χ4v) is 3.46. The van der Waals surface area contributed by atoms with Gasteiger partial charge in [0, 0.05) is 17.3 Å². The Morgan fingerprint density at radius 3 is 2.47 bits per heavy atom. The van der Waals surface area contributed by atoms with E-state index in [1.807, 2.05) is 0 Å². The normalized spacial score (nSPS) is 12.3. The summed E-state index contributed by atoms with van der Waals surface area (Å²) in [6.07, 6.45) is -5.57. The lowest BCUT2D eigenvalue weighted by Crippen LogP contribution is -2.32. The molecule has 2 N–H and O–H groups in total. The van der Waals surface area contributed by atoms with E-state index in [4.69, 9.17) is 9.47 Å². The summed E-state index contributed by atoms with van der Waals surface area (Å²) in [5, 5.41) is 12.1. The van der Waals surface area contributed by atoms with Crippen LogP contribution in [0.4, 0.5) is 23.2 Å². The molecule has 3 rings (SSSR count). The Labute approximate surface area is 205 Å². The van der Waals surface area contributed by atoms with Crippen molar-refractivity contribution in [3.63, 3.8) is 0 Å². The van der Waals surface area contributed by atoms with E-state index < -0.39 is 41.9 Å². The van der Waals surface area contributed by atoms with E-state index >= 15 is 4.39 Å². The Hall–Kier alpha value is -3.73. The number of hydrogen-bond acceptors (Lipinski definition) is 6. The zero-order chi connectivity index (χ0) is 26.8. The molecule has 0 bridgehead atoms. The van der Waals surface area contributed by atoms with E-state index in [0.717, 1.165) is 19.1 Å². The van der Waals surface area contributed by atoms with Crippen LogP contribution in [0.25, 0.3) is 11.3 Å². The van der Waals surface area contributed by atoms with E-state index in [1.54, 1.807) is 26.8 Å². The number of carbonyl (C=O) groups excluding carboxylic acids is 1. The molecule has 1 amide bonds. The molecule has 0 radical (unpaired) electrons. The first-order valence-corrected chi connectivity index (χ1v) is 10.8. The molecule has 7 nitrogen and oxygen atoms in total. The molecular weight excluding hydrogens is 482 g/mol. The molecule has 36 heavy (non-hydrogen) atoms. The van der Waals surface area contributed by atoms with Gasteiger partial charge in [0.2, 0.25) is 5.88 Å². The summed E-state index contributed by atoms with van der Waals surface area (Å²) >= 11 is 0. The van der Waals surface area contributed by atoms with Gasteiger partial charge in [0.25, 0.3) is 5.91 Å². The molecule has 1 aromatic carbocycles. The standard InChI is InChI=1S/C25H25F4N3O4/c1-12-6-7-19(31-20(12)11-33)16-9-21(36-15(4)25(27,28)29)17(8-18(16)26)23(34)32-22-13(2)10-30-24(35-5)14(22)3/h6-10,15,33H,11H2,1-5H3,(H,30,32,34)/t15-/m0/s1. The molecule has 2 aromatic heterocycles. The Kier molecular flexibility index (Phi) is 7.83. The van der Waals surface area contributed by atoms with E-state index in [-0.39, 0.29) is 22.8 Å². The van der Waals surface area contributed by atoms with Crippen molar-refractivity contribution >= 4 is 11.6 Å². The van der Waals surface area contributed by atoms with Crippen LogP contribution in [-0.4, -0.2) is 40.4 Å². The second-order valence-electron chi connectivity index (χ2n) is 8.15. The lowest BCUT2D eigenvalue weighted by molar-refractivity contribution is -0.189. The molecule has 0 aliphatic heterocycles. The minimum Gasteiger partial charge on any atom is -0.481 e. The average molecular weight is 507 g/mol. The zero-order valence-electron chi connectivity index (χ0n) is 20.2. The second kappa shape index (κ2) is 10.5. The largest absolute Gasteiger partial charge is 0.481 e. The monoisotopic (exact) mass is 507 g/mol. The molecule has 0 saturated carbocycles. The van der Waals surface area contributed by atoms with Gasteiger partial charge in [0.1, 0.15) is 11.6 Å². The van der Waals surface area contributed by atoms with Gasteiger partial charge in [0.05, 0.1) is 36.4 Å². The third kappa shape index (κ3) is 5.56. The van der Waals surface area contributed by atoms with Crippen LogP contribution in [0, 0.1) is 26.6 Å². The van der Waals surface area contributed by atoms with Crippen LogP contribution >= 0.6 is 0 Å². The first-order chi connectivity index (χ1) is 16.9. The summed E-state index contributed by atoms with van der Waals surface area (Å²) in [6.45, 7) is 5.38. The van der Waals surface area contributed by atoms with Crippen molar-refractivity contribution in [3.8, 4) is 22.9 Å². The molecule has 0 spiro atoms. The molecule has 0 aliphatic carbocycles. The molecule has 0 fully saturated rings. The van der Waals surface area contributed by atoms with Crippen molar-refractivity contribution < 1.29 is 36.9 Å². The third-order valence-electron chi connectivity index (χ3n) is 5.60. The van der Waals surface area contributed by atoms with E-state index in [2.05, 4.69) is 15.3 Å². The number of pyridine rings is 2. The summed E-state index contributed by atoms with van der Waals surface area (Å²) in [5.41, 5.74) is 1.71. The minimum absolute atomic E-state index is 0.0594. The SMILES string of the molecule is COc1ncc(C)c(NC(=O)c2cc(F)c(-c3ccc(C)c(CO)n3)cc2O[C@@H](C)C(F)(F)F)c1C. The van der Waals surface area contributed by atoms with Gasteiger partial charge in [-0.2, -0.15) is 13.2 Å². The molecule has 11 heteroatoms. The first kappa shape index (κ1) is 26.9. The number of aliphatic hydroxyl groups excluding tert-OH is 1. The van der Waals surface area contributed by atoms with Crippen LogP contribution in [0.3, 0.4) is 0 Å². The number of hydrogen-bond donors (Lipinski definition) is 2. The molecule has 2 heterocycles. The predicted octanol–water partition coefficient (Wildman–Crippen LogP) is 5.29. The maximum atomic E-state index is 15.2. The van der Waals surface area contributed by atoms with Crippen molar-refractivity contribution in [2.45, 2.75) is 46.6 Å². The van der Waals surface area contributed by atoms with Crippen molar-refractivity contribution in [1.29, 1.82) is 0 Å². The van der Waals surface area contributed by atoms with E-state index in [1.165, 1.54) is 19.4 Å². The summed E-state index contributed by atoms with van der Waals surface area (Å²) in [6, 6.07) is 4.85. The summed E-state index contributed by atoms with van der Waals surface area (Å²) in [7, 11) is 1.40. The van der Waals surface area contributed by atoms with Gasteiger partial charge in [-0.3, -0.25) is 4.79 Å². The van der Waals surface area contributed by atoms with Gasteiger partial charge in [0.15, 0.2) is 6.10 Å². The predicted molar refractivity (Wildman–Crippen MR) is 125 cm³/mol. The van der Waals surface area contributed by atoms with Crippen LogP contribution < -0.4 is 14.8 Å². The Bertz CT molecular complexity index is 1300. The highest BCUT2D eigenvalue weighted by Gasteiger charge is 2.39. The number of nitrogens with zero attached hydrogens (tertiary/aromatic N) is 2. The van der Waals surface area contributed by atoms with Crippen molar-refractivity contribution in [2.24, 2.45) is 0 Å².